The van der Waals surface area contributed by atoms with Crippen LogP contribution in [0.25, 0.3) is 10.9 Å². The molecule has 2 aromatic heterocycles. The second kappa shape index (κ2) is 7.91. The highest BCUT2D eigenvalue weighted by atomic mass is 16.3. The largest absolute Gasteiger partial charge is 0.387 e. The first kappa shape index (κ1) is 20.5. The third kappa shape index (κ3) is 3.39. The molecule has 0 bridgehead atoms. The Hall–Kier alpha value is -3.45. The van der Waals surface area contributed by atoms with Gasteiger partial charge in [-0.2, -0.15) is 0 Å². The van der Waals surface area contributed by atoms with Crippen LogP contribution in [-0.4, -0.2) is 44.5 Å². The minimum atomic E-state index is -0.466. The zero-order valence-corrected chi connectivity index (χ0v) is 18.3. The van der Waals surface area contributed by atoms with Crippen LogP contribution in [0.4, 0.5) is 5.69 Å². The Morgan fingerprint density at radius 3 is 2.81 bits per heavy atom. The van der Waals surface area contributed by atoms with Crippen LogP contribution in [0.15, 0.2) is 48.8 Å². The summed E-state index contributed by atoms with van der Waals surface area (Å²) in [5, 5.41) is 10.3. The van der Waals surface area contributed by atoms with Crippen molar-refractivity contribution >= 4 is 28.4 Å². The van der Waals surface area contributed by atoms with Gasteiger partial charge in [-0.1, -0.05) is 18.2 Å². The van der Waals surface area contributed by atoms with E-state index in [1.807, 2.05) is 62.8 Å². The summed E-state index contributed by atoms with van der Waals surface area (Å²) in [5.41, 5.74) is 6.19. The summed E-state index contributed by atoms with van der Waals surface area (Å²) in [6.45, 7) is 2.64. The van der Waals surface area contributed by atoms with Gasteiger partial charge in [0.05, 0.1) is 11.2 Å². The summed E-state index contributed by atoms with van der Waals surface area (Å²) in [5.74, 6) is -0.218. The van der Waals surface area contributed by atoms with Gasteiger partial charge in [0.2, 0.25) is 11.8 Å². The van der Waals surface area contributed by atoms with Crippen molar-refractivity contribution in [3.8, 4) is 0 Å². The molecule has 1 N–H and O–H groups in total. The number of aromatic nitrogens is 2. The number of hydrogen-bond acceptors (Lipinski definition) is 4. The lowest BCUT2D eigenvalue weighted by Crippen LogP contribution is -2.37. The number of rotatable bonds is 3. The molecule has 7 heteroatoms. The lowest BCUT2D eigenvalue weighted by atomic mass is 9.96. The molecule has 0 spiro atoms. The van der Waals surface area contributed by atoms with E-state index in [2.05, 4.69) is 9.55 Å². The van der Waals surface area contributed by atoms with Crippen LogP contribution in [0.1, 0.15) is 34.9 Å². The van der Waals surface area contributed by atoms with Crippen LogP contribution < -0.4 is 4.90 Å². The predicted octanol–water partition coefficient (Wildman–Crippen LogP) is 2.79. The van der Waals surface area contributed by atoms with Gasteiger partial charge < -0.3 is 14.6 Å². The monoisotopic (exact) mass is 430 g/mol. The molecule has 0 aliphatic carbocycles. The summed E-state index contributed by atoms with van der Waals surface area (Å²) < 4.78 is 2.16. The van der Waals surface area contributed by atoms with E-state index in [1.165, 1.54) is 5.69 Å². The van der Waals surface area contributed by atoms with E-state index in [9.17, 15) is 14.7 Å². The SMILES string of the molecule is Cc1ccc(C2C=CN(c3ccc4c5c(n(C)c4c3)CCN(C(=O)CO)C5)C(=O)C2)nc1. The molecule has 3 aromatic rings. The zero-order valence-electron chi connectivity index (χ0n) is 18.3. The van der Waals surface area contributed by atoms with Crippen molar-refractivity contribution in [1.82, 2.24) is 14.5 Å². The number of fused-ring (bicyclic) bond motifs is 3. The number of aliphatic hydroxyl groups is 1. The number of nitrogens with zero attached hydrogens (tertiary/aromatic N) is 4. The van der Waals surface area contributed by atoms with Crippen molar-refractivity contribution < 1.29 is 14.7 Å². The molecule has 2 amide bonds. The molecule has 4 heterocycles. The number of anilines is 1. The topological polar surface area (TPSA) is 78.7 Å². The molecule has 5 rings (SSSR count). The predicted molar refractivity (Wildman–Crippen MR) is 122 cm³/mol. The maximum absolute atomic E-state index is 13.0. The van der Waals surface area contributed by atoms with Crippen molar-refractivity contribution in [3.63, 3.8) is 0 Å². The fourth-order valence-corrected chi connectivity index (χ4v) is 4.78. The van der Waals surface area contributed by atoms with Crippen LogP contribution in [0.5, 0.6) is 0 Å². The molecular weight excluding hydrogens is 404 g/mol. The molecule has 0 radical (unpaired) electrons. The van der Waals surface area contributed by atoms with Gasteiger partial charge in [0.15, 0.2) is 0 Å². The highest BCUT2D eigenvalue weighted by molar-refractivity contribution is 5.99. The Morgan fingerprint density at radius 1 is 1.25 bits per heavy atom. The number of carbonyl (C=O) groups is 2. The number of carbonyl (C=O) groups excluding carboxylic acids is 2. The van der Waals surface area contributed by atoms with Crippen molar-refractivity contribution in [2.24, 2.45) is 7.05 Å². The number of amides is 2. The van der Waals surface area contributed by atoms with E-state index in [-0.39, 0.29) is 17.7 Å². The summed E-state index contributed by atoms with van der Waals surface area (Å²) in [7, 11) is 2.03. The van der Waals surface area contributed by atoms with Crippen molar-refractivity contribution in [3.05, 3.63) is 71.3 Å². The molecule has 32 heavy (non-hydrogen) atoms. The van der Waals surface area contributed by atoms with Gasteiger partial charge in [-0.05, 0) is 30.7 Å². The number of benzene rings is 1. The molecule has 164 valence electrons. The fourth-order valence-electron chi connectivity index (χ4n) is 4.78. The van der Waals surface area contributed by atoms with Gasteiger partial charge in [0.1, 0.15) is 6.61 Å². The average Bonchev–Trinajstić information content (AvgIpc) is 3.10. The Balaban J connectivity index is 1.45. The summed E-state index contributed by atoms with van der Waals surface area (Å²) in [6.07, 6.45) is 6.85. The maximum atomic E-state index is 13.0. The summed E-state index contributed by atoms with van der Waals surface area (Å²) >= 11 is 0. The van der Waals surface area contributed by atoms with Crippen molar-refractivity contribution in [1.29, 1.82) is 0 Å². The third-order valence-corrected chi connectivity index (χ3v) is 6.60. The van der Waals surface area contributed by atoms with Crippen molar-refractivity contribution in [2.75, 3.05) is 18.1 Å². The lowest BCUT2D eigenvalue weighted by Gasteiger charge is -2.27. The Morgan fingerprint density at radius 2 is 2.09 bits per heavy atom. The molecule has 0 saturated heterocycles. The Kier molecular flexibility index (Phi) is 5.06. The van der Waals surface area contributed by atoms with Crippen molar-refractivity contribution in [2.45, 2.75) is 32.2 Å². The standard InChI is InChI=1S/C25H26N4O3/c1-16-3-6-21(26-13-16)17-7-10-29(24(31)11-17)18-4-5-19-20-14-28(25(32)15-30)9-8-22(20)27(2)23(19)12-18/h3-7,10,12-13,17,30H,8-9,11,14-15H2,1-2H3. The molecule has 1 unspecified atom stereocenters. The van der Waals surface area contributed by atoms with E-state index >= 15 is 0 Å². The van der Waals surface area contributed by atoms with Crippen LogP contribution in [0, 0.1) is 6.92 Å². The van der Waals surface area contributed by atoms with E-state index in [4.69, 9.17) is 0 Å². The zero-order chi connectivity index (χ0) is 22.4. The van der Waals surface area contributed by atoms with Gasteiger partial charge >= 0.3 is 0 Å². The van der Waals surface area contributed by atoms with Gasteiger partial charge in [-0.3, -0.25) is 19.5 Å². The molecule has 7 nitrogen and oxygen atoms in total. The highest BCUT2D eigenvalue weighted by Crippen LogP contribution is 2.34. The number of aliphatic hydroxyl groups excluding tert-OH is 1. The minimum absolute atomic E-state index is 0.0134. The first-order valence-corrected chi connectivity index (χ1v) is 10.9. The van der Waals surface area contributed by atoms with Gasteiger partial charge in [0.25, 0.3) is 0 Å². The molecule has 2 aliphatic heterocycles. The Bertz CT molecular complexity index is 1240. The molecular formula is C25H26N4O3. The first-order valence-electron chi connectivity index (χ1n) is 10.9. The second-order valence-corrected chi connectivity index (χ2v) is 8.59. The number of pyridine rings is 1. The quantitative estimate of drug-likeness (QED) is 0.693. The fraction of sp³-hybridized carbons (Fsp3) is 0.320. The number of hydrogen-bond donors (Lipinski definition) is 1. The molecule has 0 saturated carbocycles. The van der Waals surface area contributed by atoms with Gasteiger partial charge in [-0.25, -0.2) is 0 Å². The summed E-state index contributed by atoms with van der Waals surface area (Å²) in [6, 6.07) is 10.0. The molecule has 1 aromatic carbocycles. The molecule has 0 fully saturated rings. The lowest BCUT2D eigenvalue weighted by molar-refractivity contribution is -0.135. The van der Waals surface area contributed by atoms with E-state index in [0.717, 1.165) is 39.8 Å². The van der Waals surface area contributed by atoms with E-state index in [1.54, 1.807) is 9.80 Å². The van der Waals surface area contributed by atoms with Crippen LogP contribution in [0.3, 0.4) is 0 Å². The first-order chi connectivity index (χ1) is 15.5. The maximum Gasteiger partial charge on any atom is 0.248 e. The van der Waals surface area contributed by atoms with Gasteiger partial charge in [0, 0.05) is 73.6 Å². The Labute approximate surface area is 186 Å². The van der Waals surface area contributed by atoms with E-state index in [0.29, 0.717) is 19.5 Å². The average molecular weight is 431 g/mol. The molecule has 2 aliphatic rings. The normalized spacial score (nSPS) is 18.3. The van der Waals surface area contributed by atoms with Crippen LogP contribution in [-0.2, 0) is 29.6 Å². The third-order valence-electron chi connectivity index (χ3n) is 6.60. The second-order valence-electron chi connectivity index (χ2n) is 8.59. The van der Waals surface area contributed by atoms with Gasteiger partial charge in [-0.15, -0.1) is 0 Å². The van der Waals surface area contributed by atoms with E-state index < -0.39 is 6.61 Å². The smallest absolute Gasteiger partial charge is 0.248 e. The number of allylic oxidation sites excluding steroid dienone is 1. The van der Waals surface area contributed by atoms with Crippen LogP contribution >= 0.6 is 0 Å². The summed E-state index contributed by atoms with van der Waals surface area (Å²) in [4.78, 5) is 32.8. The minimum Gasteiger partial charge on any atom is -0.387 e. The highest BCUT2D eigenvalue weighted by Gasteiger charge is 2.27. The van der Waals surface area contributed by atoms with Crippen LogP contribution in [0.2, 0.25) is 0 Å². The molecule has 1 atom stereocenters. The number of aryl methyl sites for hydroxylation is 2.